The molecule has 4 aromatic rings. The summed E-state index contributed by atoms with van der Waals surface area (Å²) in [6.45, 7) is 1.79. The van der Waals surface area contributed by atoms with Crippen LogP contribution in [0.2, 0.25) is 0 Å². The Labute approximate surface area is 216 Å². The molecule has 1 atom stereocenters. The molecule has 6 rings (SSSR count). The standard InChI is InChI=1S/C29H27N3O4S/c33-27(30-17-8-9-18-30)16-19-31-28(23-13-4-5-14-24(23)29(31)34)25-20-32(26-15-7-6-12-22(25)26)37(35,36)21-10-2-1-3-11-21/h1-7,10-15,20,28H,8-9,16-19H2/t28-/m1/s1. The molecule has 37 heavy (non-hydrogen) atoms. The van der Waals surface area contributed by atoms with E-state index < -0.39 is 16.1 Å². The lowest BCUT2D eigenvalue weighted by molar-refractivity contribution is -0.130. The summed E-state index contributed by atoms with van der Waals surface area (Å²) in [6.07, 6.45) is 3.90. The van der Waals surface area contributed by atoms with E-state index >= 15 is 0 Å². The van der Waals surface area contributed by atoms with Crippen LogP contribution < -0.4 is 0 Å². The summed E-state index contributed by atoms with van der Waals surface area (Å²) in [4.78, 5) is 30.2. The van der Waals surface area contributed by atoms with Gasteiger partial charge in [-0.1, -0.05) is 54.6 Å². The average Bonchev–Trinajstić information content (AvgIpc) is 3.66. The Morgan fingerprint density at radius 3 is 2.30 bits per heavy atom. The molecule has 8 heteroatoms. The van der Waals surface area contributed by atoms with E-state index in [1.807, 2.05) is 41.3 Å². The second-order valence-corrected chi connectivity index (χ2v) is 11.4. The molecule has 0 aliphatic carbocycles. The van der Waals surface area contributed by atoms with Gasteiger partial charge in [-0.25, -0.2) is 12.4 Å². The molecular formula is C29H27N3O4S. The second kappa shape index (κ2) is 9.19. The van der Waals surface area contributed by atoms with E-state index in [4.69, 9.17) is 0 Å². The Kier molecular flexibility index (Phi) is 5.83. The number of likely N-dealkylation sites (tertiary alicyclic amines) is 1. The summed E-state index contributed by atoms with van der Waals surface area (Å²) in [5.41, 5.74) is 2.68. The van der Waals surface area contributed by atoms with Crippen LogP contribution in [0, 0.1) is 0 Å². The molecule has 188 valence electrons. The quantitative estimate of drug-likeness (QED) is 0.382. The lowest BCUT2D eigenvalue weighted by Crippen LogP contribution is -2.35. The van der Waals surface area contributed by atoms with Crippen molar-refractivity contribution in [2.24, 2.45) is 0 Å². The summed E-state index contributed by atoms with van der Waals surface area (Å²) in [5.74, 6) is -0.0911. The summed E-state index contributed by atoms with van der Waals surface area (Å²) in [7, 11) is -3.87. The predicted octanol–water partition coefficient (Wildman–Crippen LogP) is 4.44. The number of amides is 2. The van der Waals surface area contributed by atoms with Gasteiger partial charge in [-0.15, -0.1) is 0 Å². The van der Waals surface area contributed by atoms with E-state index in [1.54, 1.807) is 53.6 Å². The Bertz CT molecular complexity index is 1600. The van der Waals surface area contributed by atoms with Gasteiger partial charge in [0.25, 0.3) is 15.9 Å². The number of carbonyl (C=O) groups is 2. The summed E-state index contributed by atoms with van der Waals surface area (Å²) < 4.78 is 28.6. The van der Waals surface area contributed by atoms with Crippen LogP contribution in [0.25, 0.3) is 10.9 Å². The first-order valence-electron chi connectivity index (χ1n) is 12.5. The highest BCUT2D eigenvalue weighted by atomic mass is 32.2. The Morgan fingerprint density at radius 1 is 0.838 bits per heavy atom. The number of nitrogens with zero attached hydrogens (tertiary/aromatic N) is 3. The fourth-order valence-corrected chi connectivity index (χ4v) is 6.97. The zero-order chi connectivity index (χ0) is 25.6. The monoisotopic (exact) mass is 513 g/mol. The van der Waals surface area contributed by atoms with Gasteiger partial charge in [0.1, 0.15) is 0 Å². The molecule has 0 radical (unpaired) electrons. The van der Waals surface area contributed by atoms with Crippen molar-refractivity contribution in [1.29, 1.82) is 0 Å². The maximum atomic E-state index is 13.7. The van der Waals surface area contributed by atoms with E-state index in [-0.39, 0.29) is 29.7 Å². The molecule has 0 saturated carbocycles. The van der Waals surface area contributed by atoms with Gasteiger partial charge in [-0.2, -0.15) is 0 Å². The van der Waals surface area contributed by atoms with Crippen molar-refractivity contribution in [1.82, 2.24) is 13.8 Å². The van der Waals surface area contributed by atoms with Crippen molar-refractivity contribution in [2.45, 2.75) is 30.2 Å². The molecule has 0 unspecified atom stereocenters. The molecule has 7 nitrogen and oxygen atoms in total. The number of carbonyl (C=O) groups excluding carboxylic acids is 2. The van der Waals surface area contributed by atoms with E-state index in [1.165, 1.54) is 3.97 Å². The number of para-hydroxylation sites is 1. The molecular weight excluding hydrogens is 486 g/mol. The topological polar surface area (TPSA) is 79.7 Å². The van der Waals surface area contributed by atoms with Gasteiger partial charge in [-0.3, -0.25) is 9.59 Å². The van der Waals surface area contributed by atoms with Crippen LogP contribution in [-0.2, 0) is 14.8 Å². The van der Waals surface area contributed by atoms with E-state index in [0.717, 1.165) is 42.4 Å². The van der Waals surface area contributed by atoms with Crippen molar-refractivity contribution >= 4 is 32.7 Å². The minimum atomic E-state index is -3.87. The Balaban J connectivity index is 1.46. The van der Waals surface area contributed by atoms with Crippen LogP contribution in [-0.4, -0.2) is 53.6 Å². The van der Waals surface area contributed by atoms with Gasteiger partial charge in [0.15, 0.2) is 0 Å². The van der Waals surface area contributed by atoms with Gasteiger partial charge in [-0.05, 0) is 42.7 Å². The van der Waals surface area contributed by atoms with Gasteiger partial charge in [0, 0.05) is 48.8 Å². The van der Waals surface area contributed by atoms with Crippen LogP contribution in [0.3, 0.4) is 0 Å². The fourth-order valence-electron chi connectivity index (χ4n) is 5.57. The van der Waals surface area contributed by atoms with Crippen molar-refractivity contribution in [3.8, 4) is 0 Å². The maximum absolute atomic E-state index is 13.7. The van der Waals surface area contributed by atoms with Crippen LogP contribution in [0.15, 0.2) is 90.0 Å². The van der Waals surface area contributed by atoms with Crippen molar-refractivity contribution in [3.63, 3.8) is 0 Å². The Hall–Kier alpha value is -3.91. The molecule has 2 aliphatic heterocycles. The SMILES string of the molecule is O=C(CCN1C(=O)c2ccccc2[C@@H]1c1cn(S(=O)(=O)c2ccccc2)c2ccccc12)N1CCCC1. The third kappa shape index (κ3) is 3.92. The lowest BCUT2D eigenvalue weighted by atomic mass is 9.97. The predicted molar refractivity (Wildman–Crippen MR) is 141 cm³/mol. The summed E-state index contributed by atoms with van der Waals surface area (Å²) >= 11 is 0. The number of rotatable bonds is 6. The van der Waals surface area contributed by atoms with Gasteiger partial charge in [0.05, 0.1) is 16.5 Å². The molecule has 0 spiro atoms. The smallest absolute Gasteiger partial charge is 0.268 e. The number of benzene rings is 3. The van der Waals surface area contributed by atoms with Crippen LogP contribution in [0.4, 0.5) is 0 Å². The highest BCUT2D eigenvalue weighted by Crippen LogP contribution is 2.42. The first-order chi connectivity index (χ1) is 18.0. The van der Waals surface area contributed by atoms with E-state index in [0.29, 0.717) is 11.1 Å². The zero-order valence-corrected chi connectivity index (χ0v) is 21.1. The van der Waals surface area contributed by atoms with Crippen LogP contribution in [0.1, 0.15) is 46.8 Å². The van der Waals surface area contributed by atoms with Gasteiger partial charge >= 0.3 is 0 Å². The highest BCUT2D eigenvalue weighted by molar-refractivity contribution is 7.90. The first kappa shape index (κ1) is 23.5. The summed E-state index contributed by atoms with van der Waals surface area (Å²) in [6, 6.07) is 22.6. The zero-order valence-electron chi connectivity index (χ0n) is 20.3. The van der Waals surface area contributed by atoms with Crippen molar-refractivity contribution < 1.29 is 18.0 Å². The first-order valence-corrected chi connectivity index (χ1v) is 14.0. The molecule has 1 fully saturated rings. The number of hydrogen-bond acceptors (Lipinski definition) is 4. The largest absolute Gasteiger partial charge is 0.343 e. The minimum Gasteiger partial charge on any atom is -0.343 e. The van der Waals surface area contributed by atoms with E-state index in [9.17, 15) is 18.0 Å². The van der Waals surface area contributed by atoms with Crippen molar-refractivity contribution in [2.75, 3.05) is 19.6 Å². The number of hydrogen-bond donors (Lipinski definition) is 0. The van der Waals surface area contributed by atoms with E-state index in [2.05, 4.69) is 0 Å². The third-order valence-electron chi connectivity index (χ3n) is 7.39. The molecule has 3 heterocycles. The minimum absolute atomic E-state index is 0.0501. The fraction of sp³-hybridized carbons (Fsp3) is 0.241. The average molecular weight is 514 g/mol. The van der Waals surface area contributed by atoms with Crippen molar-refractivity contribution in [3.05, 3.63) is 102 Å². The lowest BCUT2D eigenvalue weighted by Gasteiger charge is -2.26. The molecule has 0 bridgehead atoms. The molecule has 1 aromatic heterocycles. The molecule has 0 N–H and O–H groups in total. The second-order valence-electron chi connectivity index (χ2n) is 9.54. The molecule has 1 saturated heterocycles. The number of fused-ring (bicyclic) bond motifs is 2. The van der Waals surface area contributed by atoms with Crippen LogP contribution in [0.5, 0.6) is 0 Å². The number of aromatic nitrogens is 1. The van der Waals surface area contributed by atoms with Gasteiger partial charge in [0.2, 0.25) is 5.91 Å². The molecule has 2 aliphatic rings. The molecule has 2 amide bonds. The molecule has 3 aromatic carbocycles. The van der Waals surface area contributed by atoms with Crippen LogP contribution >= 0.6 is 0 Å². The summed E-state index contributed by atoms with van der Waals surface area (Å²) in [5, 5.41) is 0.757. The maximum Gasteiger partial charge on any atom is 0.268 e. The normalized spacial score (nSPS) is 17.5. The highest BCUT2D eigenvalue weighted by Gasteiger charge is 2.39. The third-order valence-corrected chi connectivity index (χ3v) is 9.07. The Morgan fingerprint density at radius 2 is 1.51 bits per heavy atom. The van der Waals surface area contributed by atoms with Gasteiger partial charge < -0.3 is 9.80 Å².